The van der Waals surface area contributed by atoms with E-state index in [9.17, 15) is 22.4 Å². The third-order valence-corrected chi connectivity index (χ3v) is 5.77. The summed E-state index contributed by atoms with van der Waals surface area (Å²) in [7, 11) is 0. The molecule has 3 heterocycles. The molecule has 0 spiro atoms. The number of halogens is 4. The maximum atomic E-state index is 13.8. The number of nitrogens with one attached hydrogen (secondary N) is 2. The van der Waals surface area contributed by atoms with Gasteiger partial charge in [-0.3, -0.25) is 9.48 Å². The summed E-state index contributed by atoms with van der Waals surface area (Å²) >= 11 is 0. The van der Waals surface area contributed by atoms with E-state index in [1.807, 2.05) is 0 Å². The molecule has 0 unspecified atom stereocenters. The molecule has 2 atom stereocenters. The Kier molecular flexibility index (Phi) is 5.75. The summed E-state index contributed by atoms with van der Waals surface area (Å²) in [5.41, 5.74) is 1.73. The van der Waals surface area contributed by atoms with Crippen LogP contribution in [-0.2, 0) is 6.54 Å². The largest absolute Gasteiger partial charge is 0.410 e. The van der Waals surface area contributed by atoms with E-state index in [0.717, 1.165) is 10.2 Å². The fourth-order valence-corrected chi connectivity index (χ4v) is 4.07. The van der Waals surface area contributed by atoms with Crippen LogP contribution >= 0.6 is 0 Å². The second-order valence-corrected chi connectivity index (χ2v) is 8.27. The van der Waals surface area contributed by atoms with E-state index in [-0.39, 0.29) is 23.7 Å². The molecule has 2 aromatic carbocycles. The predicted octanol–water partition coefficient (Wildman–Crippen LogP) is 5.18. The van der Waals surface area contributed by atoms with E-state index >= 15 is 0 Å². The van der Waals surface area contributed by atoms with E-state index in [0.29, 0.717) is 17.8 Å². The Morgan fingerprint density at radius 3 is 2.57 bits per heavy atom. The number of aromatic nitrogens is 4. The monoisotopic (exact) mass is 484 g/mol. The summed E-state index contributed by atoms with van der Waals surface area (Å²) in [4.78, 5) is 12.8. The van der Waals surface area contributed by atoms with Crippen molar-refractivity contribution >= 4 is 17.4 Å². The molecule has 35 heavy (non-hydrogen) atoms. The second kappa shape index (κ2) is 8.90. The topological polar surface area (TPSA) is 76.8 Å². The number of alkyl halides is 3. The van der Waals surface area contributed by atoms with Crippen LogP contribution in [0, 0.1) is 5.82 Å². The van der Waals surface area contributed by atoms with E-state index in [1.165, 1.54) is 24.4 Å². The maximum absolute atomic E-state index is 13.8. The minimum absolute atomic E-state index is 0.115. The van der Waals surface area contributed by atoms with Crippen LogP contribution < -0.4 is 10.6 Å². The molecule has 4 aromatic rings. The van der Waals surface area contributed by atoms with Crippen LogP contribution in [0.25, 0.3) is 0 Å². The molecule has 1 aliphatic heterocycles. The van der Waals surface area contributed by atoms with Gasteiger partial charge in [0.05, 0.1) is 24.5 Å². The van der Waals surface area contributed by atoms with E-state index < -0.39 is 24.2 Å². The Labute approximate surface area is 197 Å². The fraction of sp³-hybridized carbons (Fsp3) is 0.208. The van der Waals surface area contributed by atoms with Gasteiger partial charge in [0.25, 0.3) is 5.91 Å². The average molecular weight is 484 g/mol. The zero-order valence-electron chi connectivity index (χ0n) is 18.2. The third-order valence-electron chi connectivity index (χ3n) is 5.77. The number of rotatable bonds is 5. The van der Waals surface area contributed by atoms with Gasteiger partial charge in [-0.25, -0.2) is 9.07 Å². The Bertz CT molecular complexity index is 1330. The number of hydrogen-bond donors (Lipinski definition) is 2. The van der Waals surface area contributed by atoms with Gasteiger partial charge in [0, 0.05) is 18.7 Å². The molecule has 2 aromatic heterocycles. The molecule has 11 heteroatoms. The van der Waals surface area contributed by atoms with Crippen LogP contribution in [0.3, 0.4) is 0 Å². The fourth-order valence-electron chi connectivity index (χ4n) is 4.07. The smallest absolute Gasteiger partial charge is 0.363 e. The lowest BCUT2D eigenvalue weighted by Gasteiger charge is -2.33. The number of anilines is 2. The van der Waals surface area contributed by atoms with Gasteiger partial charge >= 0.3 is 6.18 Å². The summed E-state index contributed by atoms with van der Waals surface area (Å²) in [5, 5.41) is 13.8. The number of nitrogens with zero attached hydrogens (tertiary/aromatic N) is 4. The Morgan fingerprint density at radius 2 is 1.86 bits per heavy atom. The van der Waals surface area contributed by atoms with Crippen molar-refractivity contribution in [3.8, 4) is 0 Å². The number of carbonyl (C=O) groups is 1. The van der Waals surface area contributed by atoms with Crippen molar-refractivity contribution in [2.45, 2.75) is 31.2 Å². The Hall–Kier alpha value is -4.15. The van der Waals surface area contributed by atoms with Gasteiger partial charge in [0.2, 0.25) is 0 Å². The van der Waals surface area contributed by atoms with Crippen LogP contribution in [0.15, 0.2) is 73.1 Å². The molecule has 0 aliphatic carbocycles. The Balaban J connectivity index is 1.33. The highest BCUT2D eigenvalue weighted by atomic mass is 19.4. The van der Waals surface area contributed by atoms with E-state index in [1.54, 1.807) is 53.3 Å². The first-order valence-corrected chi connectivity index (χ1v) is 10.8. The van der Waals surface area contributed by atoms with Gasteiger partial charge in [0.15, 0.2) is 11.7 Å². The molecule has 7 nitrogen and oxygen atoms in total. The lowest BCUT2D eigenvalue weighted by molar-refractivity contribution is -0.173. The van der Waals surface area contributed by atoms with Crippen molar-refractivity contribution in [3.05, 3.63) is 95.7 Å². The molecule has 0 fully saturated rings. The molecule has 0 saturated heterocycles. The molecule has 0 bridgehead atoms. The van der Waals surface area contributed by atoms with Crippen LogP contribution in [0.1, 0.15) is 40.1 Å². The lowest BCUT2D eigenvalue weighted by atomic mass is 9.97. The molecule has 0 saturated carbocycles. The highest BCUT2D eigenvalue weighted by molar-refractivity contribution is 6.03. The minimum Gasteiger partial charge on any atom is -0.363 e. The maximum Gasteiger partial charge on any atom is 0.410 e. The standard InChI is InChI=1S/C24H20F4N6O/c25-17-8-6-15(7-9-17)13-33-14-18(12-29-33)30-23(35)20-11-22-31-19(16-4-2-1-3-5-16)10-21(24(26,27)28)34(22)32-20/h1-9,11-12,14,19,21,31H,10,13H2,(H,30,35)/t19-,21-/m1/s1. The molecule has 1 amide bonds. The molecular weight excluding hydrogens is 464 g/mol. The van der Waals surface area contributed by atoms with E-state index in [2.05, 4.69) is 20.8 Å². The Morgan fingerprint density at radius 1 is 1.11 bits per heavy atom. The zero-order chi connectivity index (χ0) is 24.6. The number of carbonyl (C=O) groups excluding carboxylic acids is 1. The molecule has 5 rings (SSSR count). The van der Waals surface area contributed by atoms with Crippen LogP contribution in [0.2, 0.25) is 0 Å². The van der Waals surface area contributed by atoms with Gasteiger partial charge in [-0.05, 0) is 23.3 Å². The average Bonchev–Trinajstić information content (AvgIpc) is 3.46. The number of benzene rings is 2. The van der Waals surface area contributed by atoms with E-state index in [4.69, 9.17) is 0 Å². The summed E-state index contributed by atoms with van der Waals surface area (Å²) in [6, 6.07) is 13.6. The van der Waals surface area contributed by atoms with Crippen molar-refractivity contribution in [2.75, 3.05) is 10.6 Å². The van der Waals surface area contributed by atoms with Crippen molar-refractivity contribution in [2.24, 2.45) is 0 Å². The summed E-state index contributed by atoms with van der Waals surface area (Å²) in [6.45, 7) is 0.354. The second-order valence-electron chi connectivity index (χ2n) is 8.27. The van der Waals surface area contributed by atoms with Gasteiger partial charge in [0.1, 0.15) is 11.6 Å². The van der Waals surface area contributed by atoms with Crippen LogP contribution in [-0.4, -0.2) is 31.6 Å². The molecule has 180 valence electrons. The molecular formula is C24H20F4N6O. The summed E-state index contributed by atoms with van der Waals surface area (Å²) in [6.07, 6.45) is -1.80. The normalized spacial score (nSPS) is 17.5. The van der Waals surface area contributed by atoms with Crippen molar-refractivity contribution in [1.29, 1.82) is 0 Å². The molecule has 2 N–H and O–H groups in total. The summed E-state index contributed by atoms with van der Waals surface area (Å²) < 4.78 is 57.0. The first kappa shape index (κ1) is 22.6. The van der Waals surface area contributed by atoms with Gasteiger partial charge in [-0.2, -0.15) is 23.4 Å². The highest BCUT2D eigenvalue weighted by Crippen LogP contribution is 2.43. The molecule has 1 aliphatic rings. The van der Waals surface area contributed by atoms with Gasteiger partial charge in [-0.1, -0.05) is 42.5 Å². The van der Waals surface area contributed by atoms with Gasteiger partial charge in [-0.15, -0.1) is 0 Å². The van der Waals surface area contributed by atoms with Crippen molar-refractivity contribution < 1.29 is 22.4 Å². The van der Waals surface area contributed by atoms with Crippen molar-refractivity contribution in [1.82, 2.24) is 19.6 Å². The summed E-state index contributed by atoms with van der Waals surface area (Å²) in [5.74, 6) is -0.890. The van der Waals surface area contributed by atoms with Gasteiger partial charge < -0.3 is 10.6 Å². The number of amides is 1. The quantitative estimate of drug-likeness (QED) is 0.383. The number of fused-ring (bicyclic) bond motifs is 1. The molecule has 0 radical (unpaired) electrons. The van der Waals surface area contributed by atoms with Crippen molar-refractivity contribution in [3.63, 3.8) is 0 Å². The van der Waals surface area contributed by atoms with Crippen LogP contribution in [0.4, 0.5) is 29.1 Å². The first-order valence-electron chi connectivity index (χ1n) is 10.8. The van der Waals surface area contributed by atoms with Crippen LogP contribution in [0.5, 0.6) is 0 Å². The first-order chi connectivity index (χ1) is 16.8. The SMILES string of the molecule is O=C(Nc1cnn(Cc2ccc(F)cc2)c1)c1cc2n(n1)[C@@H](C(F)(F)F)C[C@H](c1ccccc1)N2. The lowest BCUT2D eigenvalue weighted by Crippen LogP contribution is -2.35. The number of hydrogen-bond acceptors (Lipinski definition) is 4. The minimum atomic E-state index is -4.54. The predicted molar refractivity (Wildman–Crippen MR) is 120 cm³/mol. The third kappa shape index (κ3) is 4.88. The highest BCUT2D eigenvalue weighted by Gasteiger charge is 2.46. The zero-order valence-corrected chi connectivity index (χ0v) is 18.2.